The Balaban J connectivity index is 1.97. The van der Waals surface area contributed by atoms with Crippen LogP contribution in [0.5, 0.6) is 0 Å². The lowest BCUT2D eigenvalue weighted by molar-refractivity contribution is 0.0599. The van der Waals surface area contributed by atoms with E-state index in [-0.39, 0.29) is 11.9 Å². The van der Waals surface area contributed by atoms with E-state index in [0.717, 1.165) is 16.7 Å². The van der Waals surface area contributed by atoms with Crippen LogP contribution in [0.1, 0.15) is 54.8 Å². The number of carbonyl (C=O) groups is 2. The van der Waals surface area contributed by atoms with E-state index in [1.54, 1.807) is 13.8 Å². The Bertz CT molecular complexity index is 989. The molecule has 5 heteroatoms. The average molecular weight is 376 g/mol. The van der Waals surface area contributed by atoms with E-state index in [1.165, 1.54) is 7.11 Å². The van der Waals surface area contributed by atoms with Gasteiger partial charge in [-0.15, -0.1) is 0 Å². The first-order valence-corrected chi connectivity index (χ1v) is 9.12. The lowest BCUT2D eigenvalue weighted by atomic mass is 9.97. The molecular formula is C23H24N2O3. The van der Waals surface area contributed by atoms with Crippen molar-refractivity contribution in [2.75, 3.05) is 7.11 Å². The molecule has 1 aromatic heterocycles. The van der Waals surface area contributed by atoms with Gasteiger partial charge < -0.3 is 15.0 Å². The van der Waals surface area contributed by atoms with E-state index in [1.807, 2.05) is 61.5 Å². The number of rotatable bonds is 5. The Morgan fingerprint density at radius 2 is 1.54 bits per heavy atom. The number of aromatic nitrogens is 1. The van der Waals surface area contributed by atoms with E-state index in [2.05, 4.69) is 10.3 Å². The molecule has 1 heterocycles. The third-order valence-electron chi connectivity index (χ3n) is 4.87. The molecule has 0 aliphatic heterocycles. The van der Waals surface area contributed by atoms with Gasteiger partial charge in [-0.3, -0.25) is 4.79 Å². The summed E-state index contributed by atoms with van der Waals surface area (Å²) in [7, 11) is 1.33. The fraction of sp³-hybridized carbons (Fsp3) is 0.217. The summed E-state index contributed by atoms with van der Waals surface area (Å²) in [6.45, 7) is 5.53. The number of amides is 1. The zero-order chi connectivity index (χ0) is 20.3. The topological polar surface area (TPSA) is 71.2 Å². The molecule has 5 nitrogen and oxygen atoms in total. The summed E-state index contributed by atoms with van der Waals surface area (Å²) in [5, 5.41) is 3.10. The quantitative estimate of drug-likeness (QED) is 0.654. The van der Waals surface area contributed by atoms with Crippen molar-refractivity contribution in [1.29, 1.82) is 0 Å². The summed E-state index contributed by atoms with van der Waals surface area (Å²) in [5.74, 6) is -0.728. The second-order valence-corrected chi connectivity index (χ2v) is 6.84. The molecule has 0 bridgehead atoms. The zero-order valence-corrected chi connectivity index (χ0v) is 16.5. The summed E-state index contributed by atoms with van der Waals surface area (Å²) in [5.41, 5.74) is 5.08. The molecule has 1 atom stereocenters. The van der Waals surface area contributed by atoms with Crippen LogP contribution in [0.2, 0.25) is 0 Å². The first-order valence-electron chi connectivity index (χ1n) is 9.12. The van der Waals surface area contributed by atoms with Crippen molar-refractivity contribution in [3.8, 4) is 0 Å². The van der Waals surface area contributed by atoms with Crippen LogP contribution in [-0.4, -0.2) is 24.0 Å². The summed E-state index contributed by atoms with van der Waals surface area (Å²) in [6.07, 6.45) is 0. The van der Waals surface area contributed by atoms with E-state index in [4.69, 9.17) is 4.74 Å². The molecule has 0 aliphatic carbocycles. The highest BCUT2D eigenvalue weighted by Crippen LogP contribution is 2.24. The maximum Gasteiger partial charge on any atom is 0.339 e. The highest BCUT2D eigenvalue weighted by molar-refractivity contribution is 6.00. The van der Waals surface area contributed by atoms with Crippen molar-refractivity contribution in [2.24, 2.45) is 0 Å². The predicted octanol–water partition coefficient (Wildman–Crippen LogP) is 4.25. The number of hydrogen-bond acceptors (Lipinski definition) is 3. The van der Waals surface area contributed by atoms with Gasteiger partial charge in [0.2, 0.25) is 0 Å². The number of methoxy groups -OCH3 is 1. The number of hydrogen-bond donors (Lipinski definition) is 2. The van der Waals surface area contributed by atoms with Gasteiger partial charge >= 0.3 is 5.97 Å². The van der Waals surface area contributed by atoms with Crippen LogP contribution in [-0.2, 0) is 4.74 Å². The number of H-pyrrole nitrogens is 1. The average Bonchev–Trinajstić information content (AvgIpc) is 3.01. The van der Waals surface area contributed by atoms with Gasteiger partial charge in [-0.05, 0) is 37.5 Å². The van der Waals surface area contributed by atoms with Gasteiger partial charge in [-0.2, -0.15) is 0 Å². The fourth-order valence-electron chi connectivity index (χ4n) is 3.35. The van der Waals surface area contributed by atoms with E-state index < -0.39 is 5.97 Å². The van der Waals surface area contributed by atoms with Crippen LogP contribution in [0.3, 0.4) is 0 Å². The first-order chi connectivity index (χ1) is 13.4. The van der Waals surface area contributed by atoms with Crippen LogP contribution in [0.25, 0.3) is 0 Å². The number of aromatic amines is 1. The number of ether oxygens (including phenoxy) is 1. The van der Waals surface area contributed by atoms with E-state index >= 15 is 0 Å². The Morgan fingerprint density at radius 3 is 2.14 bits per heavy atom. The molecule has 3 rings (SSSR count). The highest BCUT2D eigenvalue weighted by atomic mass is 16.5. The summed E-state index contributed by atoms with van der Waals surface area (Å²) < 4.78 is 4.83. The van der Waals surface area contributed by atoms with Gasteiger partial charge in [0, 0.05) is 5.69 Å². The number of nitrogens with one attached hydrogen (secondary N) is 2. The minimum Gasteiger partial charge on any atom is -0.465 e. The van der Waals surface area contributed by atoms with E-state index in [0.29, 0.717) is 22.5 Å². The largest absolute Gasteiger partial charge is 0.465 e. The normalized spacial score (nSPS) is 11.7. The molecule has 0 spiro atoms. The molecule has 2 aromatic carbocycles. The molecule has 1 unspecified atom stereocenters. The Kier molecular flexibility index (Phi) is 5.64. The maximum atomic E-state index is 13.1. The lowest BCUT2D eigenvalue weighted by Gasteiger charge is -2.20. The molecule has 2 N–H and O–H groups in total. The van der Waals surface area contributed by atoms with Crippen LogP contribution < -0.4 is 5.32 Å². The van der Waals surface area contributed by atoms with Crippen LogP contribution in [0.4, 0.5) is 0 Å². The van der Waals surface area contributed by atoms with Crippen LogP contribution in [0, 0.1) is 20.8 Å². The second kappa shape index (κ2) is 8.13. The van der Waals surface area contributed by atoms with Crippen molar-refractivity contribution in [2.45, 2.75) is 26.8 Å². The van der Waals surface area contributed by atoms with Gasteiger partial charge in [-0.1, -0.05) is 60.2 Å². The summed E-state index contributed by atoms with van der Waals surface area (Å²) >= 11 is 0. The molecule has 144 valence electrons. The SMILES string of the molecule is COC(=O)c1c(C)[nH]c(C(=O)NC(c2ccccc2)c2ccc(C)cc2)c1C. The summed E-state index contributed by atoms with van der Waals surface area (Å²) in [6, 6.07) is 17.6. The number of esters is 1. The molecule has 0 radical (unpaired) electrons. The van der Waals surface area contributed by atoms with Crippen molar-refractivity contribution in [3.63, 3.8) is 0 Å². The minimum atomic E-state index is -0.455. The summed E-state index contributed by atoms with van der Waals surface area (Å²) in [4.78, 5) is 28.1. The third kappa shape index (κ3) is 3.83. The smallest absolute Gasteiger partial charge is 0.339 e. The predicted molar refractivity (Wildman–Crippen MR) is 109 cm³/mol. The number of benzene rings is 2. The van der Waals surface area contributed by atoms with Gasteiger partial charge in [0.25, 0.3) is 5.91 Å². The molecule has 0 saturated heterocycles. The van der Waals surface area contributed by atoms with Crippen LogP contribution >= 0.6 is 0 Å². The molecule has 0 saturated carbocycles. The molecule has 0 fully saturated rings. The lowest BCUT2D eigenvalue weighted by Crippen LogP contribution is -2.30. The highest BCUT2D eigenvalue weighted by Gasteiger charge is 2.25. The van der Waals surface area contributed by atoms with E-state index in [9.17, 15) is 9.59 Å². The fourth-order valence-corrected chi connectivity index (χ4v) is 3.35. The Hall–Kier alpha value is -3.34. The number of carbonyl (C=O) groups excluding carboxylic acids is 2. The van der Waals surface area contributed by atoms with Crippen molar-refractivity contribution < 1.29 is 14.3 Å². The molecule has 0 aliphatic rings. The Morgan fingerprint density at radius 1 is 0.929 bits per heavy atom. The zero-order valence-electron chi connectivity index (χ0n) is 16.5. The molecule has 3 aromatic rings. The molecular weight excluding hydrogens is 352 g/mol. The van der Waals surface area contributed by atoms with Gasteiger partial charge in [0.05, 0.1) is 18.7 Å². The monoisotopic (exact) mass is 376 g/mol. The standard InChI is InChI=1S/C23H24N2O3/c1-14-10-12-18(13-11-14)21(17-8-6-5-7-9-17)25-22(26)20-15(2)19(16(3)24-20)23(27)28-4/h5-13,21,24H,1-4H3,(H,25,26). The maximum absolute atomic E-state index is 13.1. The molecule has 1 amide bonds. The van der Waals surface area contributed by atoms with Crippen molar-refractivity contribution in [3.05, 3.63) is 93.8 Å². The van der Waals surface area contributed by atoms with Crippen molar-refractivity contribution >= 4 is 11.9 Å². The van der Waals surface area contributed by atoms with Gasteiger partial charge in [0.15, 0.2) is 0 Å². The first kappa shape index (κ1) is 19.4. The second-order valence-electron chi connectivity index (χ2n) is 6.84. The van der Waals surface area contributed by atoms with Gasteiger partial charge in [-0.25, -0.2) is 4.79 Å². The number of aryl methyl sites for hydroxylation is 2. The third-order valence-corrected chi connectivity index (χ3v) is 4.87. The van der Waals surface area contributed by atoms with Gasteiger partial charge in [0.1, 0.15) is 5.69 Å². The Labute approximate surface area is 164 Å². The minimum absolute atomic E-state index is 0.273. The van der Waals surface area contributed by atoms with Crippen molar-refractivity contribution in [1.82, 2.24) is 10.3 Å². The molecule has 28 heavy (non-hydrogen) atoms. The van der Waals surface area contributed by atoms with Crippen LogP contribution in [0.15, 0.2) is 54.6 Å².